The van der Waals surface area contributed by atoms with Crippen LogP contribution in [0.1, 0.15) is 64.7 Å². The maximum atomic E-state index is 10.4. The standard InChI is InChI=1S/C18H32O6/c1-2-16-15(21)12-17(24-16)14(20)11-10-13(19)8-6-4-3-5-7-9-18(22)23/h10-11,13-17,19-21H,2-9,12H2,1H3,(H,22,23)/b11-10+/t13-,14+,15+,16+,17+/m0/s1. The lowest BCUT2D eigenvalue weighted by atomic mass is 10.0. The predicted molar refractivity (Wildman–Crippen MR) is 90.7 cm³/mol. The zero-order chi connectivity index (χ0) is 17.9. The number of ether oxygens (including phenoxy) is 1. The van der Waals surface area contributed by atoms with Crippen LogP contribution in [0, 0.1) is 0 Å². The second-order valence-electron chi connectivity index (χ2n) is 6.57. The third-order valence-corrected chi connectivity index (χ3v) is 4.46. The van der Waals surface area contributed by atoms with Gasteiger partial charge in [-0.15, -0.1) is 0 Å². The molecule has 1 aliphatic heterocycles. The van der Waals surface area contributed by atoms with Crippen molar-refractivity contribution in [2.24, 2.45) is 0 Å². The van der Waals surface area contributed by atoms with Gasteiger partial charge in [0.05, 0.1) is 30.5 Å². The Bertz CT molecular complexity index is 384. The topological polar surface area (TPSA) is 107 Å². The maximum Gasteiger partial charge on any atom is 0.303 e. The summed E-state index contributed by atoms with van der Waals surface area (Å²) in [5.41, 5.74) is 0. The molecular weight excluding hydrogens is 312 g/mol. The summed E-state index contributed by atoms with van der Waals surface area (Å²) in [6, 6.07) is 0. The minimum absolute atomic E-state index is 0.218. The van der Waals surface area contributed by atoms with Crippen LogP contribution in [0.2, 0.25) is 0 Å². The molecule has 0 spiro atoms. The highest BCUT2D eigenvalue weighted by Gasteiger charge is 2.35. The van der Waals surface area contributed by atoms with Crippen LogP contribution < -0.4 is 0 Å². The van der Waals surface area contributed by atoms with Crippen LogP contribution in [0.15, 0.2) is 12.2 Å². The Kier molecular flexibility index (Phi) is 10.2. The Labute approximate surface area is 144 Å². The van der Waals surface area contributed by atoms with Crippen molar-refractivity contribution < 1.29 is 30.0 Å². The molecule has 5 atom stereocenters. The average molecular weight is 344 g/mol. The Morgan fingerprint density at radius 3 is 2.46 bits per heavy atom. The van der Waals surface area contributed by atoms with E-state index in [4.69, 9.17) is 9.84 Å². The number of hydrogen-bond donors (Lipinski definition) is 4. The molecule has 0 radical (unpaired) electrons. The highest BCUT2D eigenvalue weighted by atomic mass is 16.5. The average Bonchev–Trinajstić information content (AvgIpc) is 2.92. The molecule has 1 fully saturated rings. The number of carboxylic acid groups (broad SMARTS) is 1. The zero-order valence-electron chi connectivity index (χ0n) is 14.5. The summed E-state index contributed by atoms with van der Waals surface area (Å²) >= 11 is 0. The van der Waals surface area contributed by atoms with Crippen LogP contribution in [0.25, 0.3) is 0 Å². The summed E-state index contributed by atoms with van der Waals surface area (Å²) in [5.74, 6) is -0.752. The zero-order valence-corrected chi connectivity index (χ0v) is 14.5. The van der Waals surface area contributed by atoms with Gasteiger partial charge in [-0.2, -0.15) is 0 Å². The number of aliphatic carboxylic acids is 1. The fourth-order valence-corrected chi connectivity index (χ4v) is 2.97. The van der Waals surface area contributed by atoms with E-state index in [0.29, 0.717) is 25.7 Å². The fourth-order valence-electron chi connectivity index (χ4n) is 2.97. The second-order valence-corrected chi connectivity index (χ2v) is 6.57. The van der Waals surface area contributed by atoms with Crippen LogP contribution in [0.4, 0.5) is 0 Å². The number of carbonyl (C=O) groups is 1. The molecule has 0 aromatic rings. The summed E-state index contributed by atoms with van der Waals surface area (Å²) in [4.78, 5) is 10.4. The van der Waals surface area contributed by atoms with Crippen molar-refractivity contribution in [2.45, 2.75) is 95.2 Å². The molecule has 0 aromatic carbocycles. The minimum atomic E-state index is -0.818. The molecule has 0 amide bonds. The molecular formula is C18H32O6. The van der Waals surface area contributed by atoms with Gasteiger partial charge >= 0.3 is 5.97 Å². The monoisotopic (exact) mass is 344 g/mol. The molecule has 0 saturated carbocycles. The van der Waals surface area contributed by atoms with Crippen LogP contribution in [-0.2, 0) is 9.53 Å². The molecule has 1 heterocycles. The largest absolute Gasteiger partial charge is 0.481 e. The summed E-state index contributed by atoms with van der Waals surface area (Å²) in [6.45, 7) is 1.93. The summed E-state index contributed by atoms with van der Waals surface area (Å²) < 4.78 is 5.60. The lowest BCUT2D eigenvalue weighted by molar-refractivity contribution is -0.137. The van der Waals surface area contributed by atoms with Gasteiger partial charge in [-0.1, -0.05) is 44.8 Å². The van der Waals surface area contributed by atoms with Crippen molar-refractivity contribution in [3.8, 4) is 0 Å². The van der Waals surface area contributed by atoms with Gasteiger partial charge in [-0.25, -0.2) is 0 Å². The minimum Gasteiger partial charge on any atom is -0.481 e. The molecule has 1 saturated heterocycles. The van der Waals surface area contributed by atoms with E-state index >= 15 is 0 Å². The van der Waals surface area contributed by atoms with Crippen LogP contribution in [0.3, 0.4) is 0 Å². The van der Waals surface area contributed by atoms with E-state index < -0.39 is 30.4 Å². The molecule has 0 bridgehead atoms. The maximum absolute atomic E-state index is 10.4. The van der Waals surface area contributed by atoms with Gasteiger partial charge < -0.3 is 25.2 Å². The van der Waals surface area contributed by atoms with Gasteiger partial charge in [0.2, 0.25) is 0 Å². The molecule has 6 nitrogen and oxygen atoms in total. The molecule has 6 heteroatoms. The number of carboxylic acids is 1. The number of hydrogen-bond acceptors (Lipinski definition) is 5. The van der Waals surface area contributed by atoms with Crippen molar-refractivity contribution in [1.82, 2.24) is 0 Å². The third kappa shape index (κ3) is 8.24. The number of aliphatic hydroxyl groups excluding tert-OH is 3. The Morgan fingerprint density at radius 2 is 1.83 bits per heavy atom. The van der Waals surface area contributed by atoms with Gasteiger partial charge in [-0.05, 0) is 19.3 Å². The lowest BCUT2D eigenvalue weighted by Gasteiger charge is -2.16. The quantitative estimate of drug-likeness (QED) is 0.319. The van der Waals surface area contributed by atoms with Gasteiger partial charge in [0, 0.05) is 12.8 Å². The van der Waals surface area contributed by atoms with Crippen molar-refractivity contribution in [1.29, 1.82) is 0 Å². The fraction of sp³-hybridized carbons (Fsp3) is 0.833. The Balaban J connectivity index is 2.12. The van der Waals surface area contributed by atoms with Crippen molar-refractivity contribution in [2.75, 3.05) is 0 Å². The molecule has 1 aliphatic rings. The van der Waals surface area contributed by atoms with E-state index in [0.717, 1.165) is 25.7 Å². The Hall–Kier alpha value is -0.950. The van der Waals surface area contributed by atoms with E-state index in [-0.39, 0.29) is 12.5 Å². The van der Waals surface area contributed by atoms with E-state index in [1.807, 2.05) is 6.92 Å². The normalized spacial score (nSPS) is 26.8. The summed E-state index contributed by atoms with van der Waals surface area (Å²) in [5, 5.41) is 38.3. The first-order valence-corrected chi connectivity index (χ1v) is 9.03. The summed E-state index contributed by atoms with van der Waals surface area (Å²) in [7, 11) is 0. The number of rotatable bonds is 12. The van der Waals surface area contributed by atoms with Crippen LogP contribution in [-0.4, -0.2) is 56.9 Å². The number of aliphatic hydroxyl groups is 3. The molecule has 24 heavy (non-hydrogen) atoms. The second kappa shape index (κ2) is 11.6. The van der Waals surface area contributed by atoms with Gasteiger partial charge in [-0.3, -0.25) is 4.79 Å². The van der Waals surface area contributed by atoms with E-state index in [1.54, 1.807) is 12.2 Å². The third-order valence-electron chi connectivity index (χ3n) is 4.46. The van der Waals surface area contributed by atoms with Gasteiger partial charge in [0.25, 0.3) is 0 Å². The van der Waals surface area contributed by atoms with Crippen molar-refractivity contribution >= 4 is 5.97 Å². The molecule has 0 unspecified atom stereocenters. The highest BCUT2D eigenvalue weighted by molar-refractivity contribution is 5.66. The highest BCUT2D eigenvalue weighted by Crippen LogP contribution is 2.25. The van der Waals surface area contributed by atoms with E-state index in [2.05, 4.69) is 0 Å². The lowest BCUT2D eigenvalue weighted by Crippen LogP contribution is -2.24. The van der Waals surface area contributed by atoms with Crippen molar-refractivity contribution in [3.63, 3.8) is 0 Å². The SMILES string of the molecule is CC[C@H]1O[C@@H]([C@H](O)/C=C/[C@@H](O)CCCCCCCC(=O)O)C[C@H]1O. The predicted octanol–water partition coefficient (Wildman–Crippen LogP) is 2.01. The van der Waals surface area contributed by atoms with Crippen LogP contribution >= 0.6 is 0 Å². The van der Waals surface area contributed by atoms with E-state index in [9.17, 15) is 20.1 Å². The molecule has 4 N–H and O–H groups in total. The van der Waals surface area contributed by atoms with Crippen molar-refractivity contribution in [3.05, 3.63) is 12.2 Å². The molecule has 140 valence electrons. The van der Waals surface area contributed by atoms with Gasteiger partial charge in [0.15, 0.2) is 0 Å². The number of unbranched alkanes of at least 4 members (excludes halogenated alkanes) is 4. The van der Waals surface area contributed by atoms with Crippen LogP contribution in [0.5, 0.6) is 0 Å². The first kappa shape index (κ1) is 21.1. The first-order chi connectivity index (χ1) is 11.4. The molecule has 1 rings (SSSR count). The smallest absolute Gasteiger partial charge is 0.303 e. The molecule has 0 aliphatic carbocycles. The van der Waals surface area contributed by atoms with Gasteiger partial charge in [0.1, 0.15) is 0 Å². The Morgan fingerprint density at radius 1 is 1.17 bits per heavy atom. The molecule has 0 aromatic heterocycles. The van der Waals surface area contributed by atoms with E-state index in [1.165, 1.54) is 0 Å². The summed E-state index contributed by atoms with van der Waals surface area (Å²) in [6.07, 6.45) is 6.92. The first-order valence-electron chi connectivity index (χ1n) is 9.03.